The number of piperidine rings is 1. The summed E-state index contributed by atoms with van der Waals surface area (Å²) in [6, 6.07) is 4.18. The van der Waals surface area contributed by atoms with E-state index in [0.717, 1.165) is 49.0 Å². The first-order chi connectivity index (χ1) is 12.2. The summed E-state index contributed by atoms with van der Waals surface area (Å²) in [5.41, 5.74) is 0. The number of hydrogen-bond donors (Lipinski definition) is 0. The molecule has 6 nitrogen and oxygen atoms in total. The summed E-state index contributed by atoms with van der Waals surface area (Å²) in [5.74, 6) is 2.42. The van der Waals surface area contributed by atoms with E-state index in [1.165, 1.54) is 18.2 Å². The lowest BCUT2D eigenvalue weighted by Gasteiger charge is -2.33. The predicted molar refractivity (Wildman–Crippen MR) is 97.6 cm³/mol. The Morgan fingerprint density at radius 3 is 3.00 bits per heavy atom. The molecule has 1 aliphatic heterocycles. The van der Waals surface area contributed by atoms with E-state index in [9.17, 15) is 4.79 Å². The third-order valence-electron chi connectivity index (χ3n) is 4.61. The number of carbonyl (C=O) groups excluding carboxylic acids is 1. The molecule has 1 amide bonds. The van der Waals surface area contributed by atoms with Crippen molar-refractivity contribution in [2.75, 3.05) is 12.3 Å². The van der Waals surface area contributed by atoms with Crippen LogP contribution in [0.4, 0.5) is 0 Å². The maximum absolute atomic E-state index is 12.6. The van der Waals surface area contributed by atoms with Gasteiger partial charge in [-0.15, -0.1) is 10.2 Å². The fraction of sp³-hybridized carbons (Fsp3) is 0.611. The van der Waals surface area contributed by atoms with E-state index in [0.29, 0.717) is 18.3 Å². The van der Waals surface area contributed by atoms with E-state index < -0.39 is 0 Å². The molecule has 0 saturated carbocycles. The third kappa shape index (κ3) is 4.45. The van der Waals surface area contributed by atoms with Crippen molar-refractivity contribution >= 4 is 17.7 Å². The van der Waals surface area contributed by atoms with Crippen molar-refractivity contribution < 1.29 is 9.21 Å². The third-order valence-corrected chi connectivity index (χ3v) is 5.56. The SMILES string of the molecule is CCCc1nnc(SCC(=O)N2CCCCC2C)n1Cc1ccco1. The molecule has 0 spiro atoms. The second-order valence-electron chi connectivity index (χ2n) is 6.53. The number of likely N-dealkylation sites (tertiary alicyclic amines) is 1. The van der Waals surface area contributed by atoms with Crippen LogP contribution in [0.3, 0.4) is 0 Å². The maximum Gasteiger partial charge on any atom is 0.233 e. The van der Waals surface area contributed by atoms with Crippen LogP contribution in [0, 0.1) is 0 Å². The van der Waals surface area contributed by atoms with Gasteiger partial charge in [-0.25, -0.2) is 0 Å². The Kier molecular flexibility index (Phi) is 6.18. The van der Waals surface area contributed by atoms with Gasteiger partial charge in [0.1, 0.15) is 11.6 Å². The minimum atomic E-state index is 0.196. The van der Waals surface area contributed by atoms with Gasteiger partial charge in [0.05, 0.1) is 18.6 Å². The number of carbonyl (C=O) groups is 1. The van der Waals surface area contributed by atoms with Crippen molar-refractivity contribution in [3.63, 3.8) is 0 Å². The van der Waals surface area contributed by atoms with Gasteiger partial charge in [0.25, 0.3) is 0 Å². The van der Waals surface area contributed by atoms with Crippen LogP contribution in [0.1, 0.15) is 51.1 Å². The number of nitrogens with zero attached hydrogens (tertiary/aromatic N) is 4. The van der Waals surface area contributed by atoms with E-state index in [1.54, 1.807) is 6.26 Å². The second-order valence-corrected chi connectivity index (χ2v) is 7.48. The van der Waals surface area contributed by atoms with Crippen LogP contribution in [-0.2, 0) is 17.8 Å². The number of amides is 1. The standard InChI is InChI=1S/C18H26N4O2S/c1-3-7-16-19-20-18(22(16)12-15-9-6-11-24-15)25-13-17(23)21-10-5-4-8-14(21)2/h6,9,11,14H,3-5,7-8,10,12-13H2,1-2H3. The fourth-order valence-electron chi connectivity index (χ4n) is 3.23. The molecule has 3 heterocycles. The normalized spacial score (nSPS) is 17.8. The Morgan fingerprint density at radius 2 is 2.28 bits per heavy atom. The Balaban J connectivity index is 1.68. The lowest BCUT2D eigenvalue weighted by Crippen LogP contribution is -2.43. The number of furan rings is 1. The van der Waals surface area contributed by atoms with Crippen molar-refractivity contribution in [1.29, 1.82) is 0 Å². The molecule has 7 heteroatoms. The van der Waals surface area contributed by atoms with Gasteiger partial charge in [0.15, 0.2) is 5.16 Å². The molecule has 25 heavy (non-hydrogen) atoms. The van der Waals surface area contributed by atoms with Crippen molar-refractivity contribution in [3.8, 4) is 0 Å². The number of aromatic nitrogens is 3. The molecule has 3 rings (SSSR count). The first kappa shape index (κ1) is 18.0. The largest absolute Gasteiger partial charge is 0.467 e. The molecule has 1 saturated heterocycles. The minimum Gasteiger partial charge on any atom is -0.467 e. The summed E-state index contributed by atoms with van der Waals surface area (Å²) in [6.07, 6.45) is 6.97. The molecule has 1 fully saturated rings. The molecule has 1 atom stereocenters. The summed E-state index contributed by atoms with van der Waals surface area (Å²) in [4.78, 5) is 14.6. The topological polar surface area (TPSA) is 64.2 Å². The van der Waals surface area contributed by atoms with Gasteiger partial charge in [-0.05, 0) is 44.7 Å². The number of rotatable bonds is 7. The predicted octanol–water partition coefficient (Wildman–Crippen LogP) is 3.37. The Bertz CT molecular complexity index is 683. The second kappa shape index (κ2) is 8.56. The minimum absolute atomic E-state index is 0.196. The van der Waals surface area contributed by atoms with Gasteiger partial charge >= 0.3 is 0 Å². The maximum atomic E-state index is 12.6. The number of hydrogen-bond acceptors (Lipinski definition) is 5. The zero-order valence-electron chi connectivity index (χ0n) is 15.0. The van der Waals surface area contributed by atoms with Gasteiger partial charge in [0, 0.05) is 19.0 Å². The van der Waals surface area contributed by atoms with Crippen LogP contribution in [0.2, 0.25) is 0 Å². The summed E-state index contributed by atoms with van der Waals surface area (Å²) in [5, 5.41) is 9.42. The van der Waals surface area contributed by atoms with Crippen LogP contribution in [0.25, 0.3) is 0 Å². The zero-order chi connectivity index (χ0) is 17.6. The summed E-state index contributed by atoms with van der Waals surface area (Å²) < 4.78 is 7.54. The quantitative estimate of drug-likeness (QED) is 0.707. The molecule has 2 aromatic rings. The monoisotopic (exact) mass is 362 g/mol. The van der Waals surface area contributed by atoms with Crippen molar-refractivity contribution in [2.24, 2.45) is 0 Å². The highest BCUT2D eigenvalue weighted by Gasteiger charge is 2.24. The first-order valence-corrected chi connectivity index (χ1v) is 10.0. The summed E-state index contributed by atoms with van der Waals surface area (Å²) in [6.45, 7) is 5.74. The lowest BCUT2D eigenvalue weighted by molar-refractivity contribution is -0.131. The Labute approximate surface area is 153 Å². The number of aryl methyl sites for hydroxylation is 1. The molecule has 0 N–H and O–H groups in total. The fourth-order valence-corrected chi connectivity index (χ4v) is 4.07. The molecule has 0 bridgehead atoms. The molecule has 2 aromatic heterocycles. The van der Waals surface area contributed by atoms with E-state index in [4.69, 9.17) is 4.42 Å². The van der Waals surface area contributed by atoms with Crippen molar-refractivity contribution in [2.45, 2.75) is 63.7 Å². The lowest BCUT2D eigenvalue weighted by atomic mass is 10.0. The summed E-state index contributed by atoms with van der Waals surface area (Å²) in [7, 11) is 0. The first-order valence-electron chi connectivity index (χ1n) is 9.05. The zero-order valence-corrected chi connectivity index (χ0v) is 15.8. The van der Waals surface area contributed by atoms with Crippen molar-refractivity contribution in [3.05, 3.63) is 30.0 Å². The van der Waals surface area contributed by atoms with E-state index in [1.807, 2.05) is 17.0 Å². The van der Waals surface area contributed by atoms with Crippen molar-refractivity contribution in [1.82, 2.24) is 19.7 Å². The molecule has 0 aromatic carbocycles. The van der Waals surface area contributed by atoms with E-state index in [2.05, 4.69) is 28.6 Å². The van der Waals surface area contributed by atoms with Crippen LogP contribution >= 0.6 is 11.8 Å². The average molecular weight is 362 g/mol. The molecular weight excluding hydrogens is 336 g/mol. The Hall–Kier alpha value is -1.76. The smallest absolute Gasteiger partial charge is 0.233 e. The van der Waals surface area contributed by atoms with Gasteiger partial charge in [-0.3, -0.25) is 9.36 Å². The van der Waals surface area contributed by atoms with Gasteiger partial charge < -0.3 is 9.32 Å². The highest BCUT2D eigenvalue weighted by atomic mass is 32.2. The average Bonchev–Trinajstić information content (AvgIpc) is 3.25. The molecular formula is C18H26N4O2S. The van der Waals surface area contributed by atoms with Gasteiger partial charge in [0.2, 0.25) is 5.91 Å². The highest BCUT2D eigenvalue weighted by Crippen LogP contribution is 2.22. The van der Waals surface area contributed by atoms with Crippen LogP contribution in [0.5, 0.6) is 0 Å². The highest BCUT2D eigenvalue weighted by molar-refractivity contribution is 7.99. The van der Waals surface area contributed by atoms with Gasteiger partial charge in [-0.2, -0.15) is 0 Å². The van der Waals surface area contributed by atoms with Crippen LogP contribution in [0.15, 0.2) is 28.0 Å². The summed E-state index contributed by atoms with van der Waals surface area (Å²) >= 11 is 1.48. The van der Waals surface area contributed by atoms with E-state index in [-0.39, 0.29) is 5.91 Å². The van der Waals surface area contributed by atoms with Crippen LogP contribution in [-0.4, -0.2) is 43.9 Å². The molecule has 0 aliphatic carbocycles. The molecule has 136 valence electrons. The Morgan fingerprint density at radius 1 is 1.40 bits per heavy atom. The van der Waals surface area contributed by atoms with Crippen LogP contribution < -0.4 is 0 Å². The number of thioether (sulfide) groups is 1. The molecule has 1 unspecified atom stereocenters. The van der Waals surface area contributed by atoms with E-state index >= 15 is 0 Å². The molecule has 1 aliphatic rings. The molecule has 0 radical (unpaired) electrons. The van der Waals surface area contributed by atoms with Gasteiger partial charge in [-0.1, -0.05) is 18.7 Å².